The van der Waals surface area contributed by atoms with Crippen LogP contribution in [0.15, 0.2) is 47.4 Å². The van der Waals surface area contributed by atoms with Gasteiger partial charge in [-0.25, -0.2) is 0 Å². The number of thioether (sulfide) groups is 1. The first-order valence-corrected chi connectivity index (χ1v) is 8.40. The summed E-state index contributed by atoms with van der Waals surface area (Å²) in [4.78, 5) is 13.5. The van der Waals surface area contributed by atoms with Crippen LogP contribution in [0.25, 0.3) is 0 Å². The molecule has 2 aromatic carbocycles. The molecule has 22 heavy (non-hydrogen) atoms. The highest BCUT2D eigenvalue weighted by atomic mass is 32.2. The van der Waals surface area contributed by atoms with E-state index >= 15 is 0 Å². The molecule has 1 N–H and O–H groups in total. The lowest BCUT2D eigenvalue weighted by molar-refractivity contribution is 0.102. The summed E-state index contributed by atoms with van der Waals surface area (Å²) in [5, 5.41) is 2.99. The Morgan fingerprint density at radius 2 is 1.95 bits per heavy atom. The first kappa shape index (κ1) is 16.4. The summed E-state index contributed by atoms with van der Waals surface area (Å²) in [7, 11) is 0. The van der Waals surface area contributed by atoms with E-state index in [9.17, 15) is 4.79 Å². The molecule has 1 amide bonds. The number of rotatable bonds is 6. The van der Waals surface area contributed by atoms with Crippen molar-refractivity contribution >= 4 is 23.4 Å². The zero-order chi connectivity index (χ0) is 15.9. The van der Waals surface area contributed by atoms with Gasteiger partial charge in [0.25, 0.3) is 5.91 Å². The first-order chi connectivity index (χ1) is 10.7. The van der Waals surface area contributed by atoms with Gasteiger partial charge in [-0.1, -0.05) is 19.1 Å². The van der Waals surface area contributed by atoms with E-state index in [0.717, 1.165) is 27.6 Å². The molecule has 0 aliphatic carbocycles. The monoisotopic (exact) mass is 315 g/mol. The molecule has 0 atom stereocenters. The molecule has 2 aromatic rings. The highest BCUT2D eigenvalue weighted by molar-refractivity contribution is 7.99. The third kappa shape index (κ3) is 4.04. The lowest BCUT2D eigenvalue weighted by atomic mass is 10.1. The second-order valence-electron chi connectivity index (χ2n) is 4.80. The van der Waals surface area contributed by atoms with E-state index in [1.54, 1.807) is 17.8 Å². The van der Waals surface area contributed by atoms with E-state index in [0.29, 0.717) is 12.2 Å². The predicted octanol–water partition coefficient (Wildman–Crippen LogP) is 4.76. The number of aryl methyl sites for hydroxylation is 1. The van der Waals surface area contributed by atoms with Gasteiger partial charge in [0.2, 0.25) is 0 Å². The minimum atomic E-state index is -0.102. The number of hydrogen-bond acceptors (Lipinski definition) is 3. The maximum absolute atomic E-state index is 12.4. The summed E-state index contributed by atoms with van der Waals surface area (Å²) in [5.74, 6) is 1.69. The van der Waals surface area contributed by atoms with Crippen molar-refractivity contribution in [2.75, 3.05) is 17.7 Å². The second-order valence-corrected chi connectivity index (χ2v) is 6.10. The Hall–Kier alpha value is -1.94. The van der Waals surface area contributed by atoms with Crippen molar-refractivity contribution < 1.29 is 9.53 Å². The third-order valence-electron chi connectivity index (χ3n) is 3.17. The number of hydrogen-bond donors (Lipinski definition) is 1. The van der Waals surface area contributed by atoms with Gasteiger partial charge in [0.15, 0.2) is 0 Å². The quantitative estimate of drug-likeness (QED) is 0.781. The van der Waals surface area contributed by atoms with Gasteiger partial charge >= 0.3 is 0 Å². The first-order valence-electron chi connectivity index (χ1n) is 7.42. The fourth-order valence-corrected chi connectivity index (χ4v) is 2.91. The maximum Gasteiger partial charge on any atom is 0.255 e. The van der Waals surface area contributed by atoms with E-state index in [1.807, 2.05) is 50.2 Å². The van der Waals surface area contributed by atoms with Crippen LogP contribution in [-0.2, 0) is 0 Å². The van der Waals surface area contributed by atoms with Crippen LogP contribution in [-0.4, -0.2) is 18.3 Å². The molecule has 0 aromatic heterocycles. The van der Waals surface area contributed by atoms with Crippen molar-refractivity contribution in [3.8, 4) is 5.75 Å². The van der Waals surface area contributed by atoms with Crippen LogP contribution < -0.4 is 10.1 Å². The highest BCUT2D eigenvalue weighted by Crippen LogP contribution is 2.27. The van der Waals surface area contributed by atoms with E-state index in [4.69, 9.17) is 4.74 Å². The SMILES string of the molecule is CCOc1ccc(C(=O)Nc2ccccc2SCC)cc1C. The molecule has 2 rings (SSSR count). The smallest absolute Gasteiger partial charge is 0.255 e. The molecule has 0 bridgehead atoms. The largest absolute Gasteiger partial charge is 0.494 e. The fourth-order valence-electron chi connectivity index (χ4n) is 2.15. The predicted molar refractivity (Wildman–Crippen MR) is 93.1 cm³/mol. The maximum atomic E-state index is 12.4. The zero-order valence-electron chi connectivity index (χ0n) is 13.2. The minimum Gasteiger partial charge on any atom is -0.494 e. The summed E-state index contributed by atoms with van der Waals surface area (Å²) in [6, 6.07) is 13.4. The van der Waals surface area contributed by atoms with Gasteiger partial charge < -0.3 is 10.1 Å². The highest BCUT2D eigenvalue weighted by Gasteiger charge is 2.10. The van der Waals surface area contributed by atoms with E-state index in [2.05, 4.69) is 12.2 Å². The van der Waals surface area contributed by atoms with Crippen LogP contribution in [0.4, 0.5) is 5.69 Å². The van der Waals surface area contributed by atoms with Crippen LogP contribution in [0.2, 0.25) is 0 Å². The molecular weight excluding hydrogens is 294 g/mol. The molecule has 0 aliphatic rings. The number of benzene rings is 2. The Bertz CT molecular complexity index is 655. The topological polar surface area (TPSA) is 38.3 Å². The molecule has 0 spiro atoms. The Labute approximate surface area is 136 Å². The molecule has 4 heteroatoms. The average Bonchev–Trinajstić information content (AvgIpc) is 2.51. The zero-order valence-corrected chi connectivity index (χ0v) is 14.0. The van der Waals surface area contributed by atoms with Crippen LogP contribution >= 0.6 is 11.8 Å². The summed E-state index contributed by atoms with van der Waals surface area (Å²) in [5.41, 5.74) is 2.45. The molecule has 0 saturated heterocycles. The molecule has 0 saturated carbocycles. The summed E-state index contributed by atoms with van der Waals surface area (Å²) >= 11 is 1.72. The van der Waals surface area contributed by atoms with Gasteiger partial charge in [0.1, 0.15) is 5.75 Å². The van der Waals surface area contributed by atoms with Gasteiger partial charge in [-0.3, -0.25) is 4.79 Å². The van der Waals surface area contributed by atoms with Crippen molar-refractivity contribution in [1.82, 2.24) is 0 Å². The molecule has 0 fully saturated rings. The number of nitrogens with one attached hydrogen (secondary N) is 1. The summed E-state index contributed by atoms with van der Waals surface area (Å²) in [6.45, 7) is 6.61. The van der Waals surface area contributed by atoms with Crippen molar-refractivity contribution in [2.45, 2.75) is 25.7 Å². The second kappa shape index (κ2) is 7.90. The number of ether oxygens (including phenoxy) is 1. The van der Waals surface area contributed by atoms with Crippen molar-refractivity contribution in [3.05, 3.63) is 53.6 Å². The van der Waals surface area contributed by atoms with Crippen molar-refractivity contribution in [3.63, 3.8) is 0 Å². The van der Waals surface area contributed by atoms with Gasteiger partial charge in [-0.05, 0) is 55.5 Å². The average molecular weight is 315 g/mol. The normalized spacial score (nSPS) is 10.3. The lowest BCUT2D eigenvalue weighted by Crippen LogP contribution is -2.13. The number of para-hydroxylation sites is 1. The molecule has 0 unspecified atom stereocenters. The van der Waals surface area contributed by atoms with E-state index < -0.39 is 0 Å². The van der Waals surface area contributed by atoms with E-state index in [1.165, 1.54) is 0 Å². The van der Waals surface area contributed by atoms with Crippen LogP contribution in [0, 0.1) is 6.92 Å². The Kier molecular flexibility index (Phi) is 5.90. The standard InChI is InChI=1S/C18H21NO2S/c1-4-21-16-11-10-14(12-13(16)3)18(20)19-15-8-6-7-9-17(15)22-5-2/h6-12H,4-5H2,1-3H3,(H,19,20). The van der Waals surface area contributed by atoms with Crippen LogP contribution in [0.1, 0.15) is 29.8 Å². The molecule has 0 aliphatic heterocycles. The Balaban J connectivity index is 2.17. The van der Waals surface area contributed by atoms with Gasteiger partial charge in [-0.15, -0.1) is 11.8 Å². The molecule has 0 radical (unpaired) electrons. The lowest BCUT2D eigenvalue weighted by Gasteiger charge is -2.12. The van der Waals surface area contributed by atoms with Gasteiger partial charge in [-0.2, -0.15) is 0 Å². The number of anilines is 1. The summed E-state index contributed by atoms with van der Waals surface area (Å²) < 4.78 is 5.51. The minimum absolute atomic E-state index is 0.102. The van der Waals surface area contributed by atoms with Crippen LogP contribution in [0.5, 0.6) is 5.75 Å². The molecule has 0 heterocycles. The summed E-state index contributed by atoms with van der Waals surface area (Å²) in [6.07, 6.45) is 0. The van der Waals surface area contributed by atoms with Crippen LogP contribution in [0.3, 0.4) is 0 Å². The van der Waals surface area contributed by atoms with Crippen molar-refractivity contribution in [1.29, 1.82) is 0 Å². The Morgan fingerprint density at radius 3 is 2.64 bits per heavy atom. The molecule has 3 nitrogen and oxygen atoms in total. The Morgan fingerprint density at radius 1 is 1.18 bits per heavy atom. The third-order valence-corrected chi connectivity index (χ3v) is 4.13. The van der Waals surface area contributed by atoms with Crippen molar-refractivity contribution in [2.24, 2.45) is 0 Å². The number of carbonyl (C=O) groups excluding carboxylic acids is 1. The van der Waals surface area contributed by atoms with Gasteiger partial charge in [0, 0.05) is 10.5 Å². The van der Waals surface area contributed by atoms with Gasteiger partial charge in [0.05, 0.1) is 12.3 Å². The number of carbonyl (C=O) groups is 1. The molecular formula is C18H21NO2S. The van der Waals surface area contributed by atoms with E-state index in [-0.39, 0.29) is 5.91 Å². The molecule has 116 valence electrons. The number of amides is 1. The fraction of sp³-hybridized carbons (Fsp3) is 0.278.